The van der Waals surface area contributed by atoms with Gasteiger partial charge in [-0.05, 0) is 27.8 Å². The zero-order chi connectivity index (χ0) is 35.5. The second kappa shape index (κ2) is 17.2. The van der Waals surface area contributed by atoms with E-state index in [4.69, 9.17) is 28.4 Å². The SMILES string of the molecule is CC(=O)OC1OC(COC(c2ccccc2)(c2ccccc2)c2ccccc2)C(OCc2ccccc2)C(OCc2ccccc2)C1OC(C)=O. The fourth-order valence-electron chi connectivity index (χ4n) is 6.49. The Bertz CT molecular complexity index is 1710. The highest BCUT2D eigenvalue weighted by Gasteiger charge is 2.52. The van der Waals surface area contributed by atoms with Crippen molar-refractivity contribution in [2.75, 3.05) is 6.61 Å². The zero-order valence-corrected chi connectivity index (χ0v) is 28.7. The number of carbonyl (C=O) groups is 2. The van der Waals surface area contributed by atoms with Crippen LogP contribution in [-0.4, -0.2) is 49.3 Å². The van der Waals surface area contributed by atoms with Gasteiger partial charge in [-0.1, -0.05) is 152 Å². The van der Waals surface area contributed by atoms with Crippen LogP contribution in [0.15, 0.2) is 152 Å². The summed E-state index contributed by atoms with van der Waals surface area (Å²) < 4.78 is 38.5. The van der Waals surface area contributed by atoms with Gasteiger partial charge in [0.1, 0.15) is 23.9 Å². The summed E-state index contributed by atoms with van der Waals surface area (Å²) in [6.07, 6.45) is -5.01. The third kappa shape index (κ3) is 8.79. The molecule has 6 rings (SSSR count). The van der Waals surface area contributed by atoms with Crippen molar-refractivity contribution in [2.45, 2.75) is 63.4 Å². The van der Waals surface area contributed by atoms with Gasteiger partial charge < -0.3 is 28.4 Å². The van der Waals surface area contributed by atoms with E-state index in [0.717, 1.165) is 27.8 Å². The van der Waals surface area contributed by atoms with Crippen LogP contribution in [0.5, 0.6) is 0 Å². The molecule has 1 fully saturated rings. The molecule has 1 heterocycles. The van der Waals surface area contributed by atoms with Gasteiger partial charge in [0.15, 0.2) is 6.10 Å². The average Bonchev–Trinajstić information content (AvgIpc) is 3.16. The van der Waals surface area contributed by atoms with Crippen LogP contribution in [0.25, 0.3) is 0 Å². The summed E-state index contributed by atoms with van der Waals surface area (Å²) in [5.41, 5.74) is 3.49. The molecule has 5 aromatic carbocycles. The molecule has 8 nitrogen and oxygen atoms in total. The van der Waals surface area contributed by atoms with E-state index in [1.807, 2.05) is 152 Å². The topological polar surface area (TPSA) is 89.5 Å². The van der Waals surface area contributed by atoms with E-state index in [0.29, 0.717) is 0 Å². The predicted molar refractivity (Wildman–Crippen MR) is 191 cm³/mol. The Hall–Kier alpha value is -5.12. The Morgan fingerprint density at radius 1 is 0.529 bits per heavy atom. The molecular weight excluding hydrogens is 644 g/mol. The van der Waals surface area contributed by atoms with Gasteiger partial charge in [-0.3, -0.25) is 9.59 Å². The second-order valence-corrected chi connectivity index (χ2v) is 12.3. The molecule has 0 radical (unpaired) electrons. The first kappa shape index (κ1) is 35.7. The van der Waals surface area contributed by atoms with Crippen LogP contribution in [0, 0.1) is 0 Å². The molecule has 0 N–H and O–H groups in total. The van der Waals surface area contributed by atoms with Gasteiger partial charge in [-0.25, -0.2) is 0 Å². The molecule has 5 aromatic rings. The van der Waals surface area contributed by atoms with Gasteiger partial charge in [-0.15, -0.1) is 0 Å². The molecule has 1 saturated heterocycles. The summed E-state index contributed by atoms with van der Waals surface area (Å²) in [6, 6.07) is 49.4. The second-order valence-electron chi connectivity index (χ2n) is 12.3. The number of ether oxygens (including phenoxy) is 6. The van der Waals surface area contributed by atoms with Crippen molar-refractivity contribution >= 4 is 11.9 Å². The predicted octanol–water partition coefficient (Wildman–Crippen LogP) is 7.39. The minimum absolute atomic E-state index is 0.0199. The highest BCUT2D eigenvalue weighted by Crippen LogP contribution is 2.41. The molecule has 0 saturated carbocycles. The molecule has 51 heavy (non-hydrogen) atoms. The molecule has 0 aromatic heterocycles. The van der Waals surface area contributed by atoms with E-state index in [1.165, 1.54) is 13.8 Å². The highest BCUT2D eigenvalue weighted by molar-refractivity contribution is 5.67. The third-order valence-corrected chi connectivity index (χ3v) is 8.75. The van der Waals surface area contributed by atoms with Crippen molar-refractivity contribution in [2.24, 2.45) is 0 Å². The number of esters is 2. The number of rotatable bonds is 14. The fourth-order valence-corrected chi connectivity index (χ4v) is 6.49. The maximum Gasteiger partial charge on any atom is 0.305 e. The molecule has 8 heteroatoms. The molecule has 5 unspecified atom stereocenters. The summed E-state index contributed by atoms with van der Waals surface area (Å²) in [5, 5.41) is 0. The normalized spacial score (nSPS) is 20.3. The lowest BCUT2D eigenvalue weighted by molar-refractivity contribution is -0.314. The maximum atomic E-state index is 12.5. The van der Waals surface area contributed by atoms with E-state index < -0.39 is 48.2 Å². The van der Waals surface area contributed by atoms with E-state index >= 15 is 0 Å². The van der Waals surface area contributed by atoms with Crippen LogP contribution in [0.2, 0.25) is 0 Å². The molecule has 0 aliphatic carbocycles. The van der Waals surface area contributed by atoms with Gasteiger partial charge in [0.05, 0.1) is 19.8 Å². The molecule has 0 spiro atoms. The van der Waals surface area contributed by atoms with Crippen LogP contribution in [0.1, 0.15) is 41.7 Å². The number of carbonyl (C=O) groups excluding carboxylic acids is 2. The van der Waals surface area contributed by atoms with Gasteiger partial charge in [0.25, 0.3) is 0 Å². The first-order chi connectivity index (χ1) is 24.9. The van der Waals surface area contributed by atoms with Gasteiger partial charge in [-0.2, -0.15) is 0 Å². The molecular formula is C43H42O8. The maximum absolute atomic E-state index is 12.5. The molecule has 0 amide bonds. The highest BCUT2D eigenvalue weighted by atomic mass is 16.7. The summed E-state index contributed by atoms with van der Waals surface area (Å²) >= 11 is 0. The zero-order valence-electron chi connectivity index (χ0n) is 28.7. The van der Waals surface area contributed by atoms with Crippen molar-refractivity contribution in [3.05, 3.63) is 179 Å². The van der Waals surface area contributed by atoms with Crippen LogP contribution in [-0.2, 0) is 56.8 Å². The fraction of sp³-hybridized carbons (Fsp3) is 0.256. The number of hydrogen-bond acceptors (Lipinski definition) is 8. The lowest BCUT2D eigenvalue weighted by Gasteiger charge is -2.46. The van der Waals surface area contributed by atoms with Crippen LogP contribution < -0.4 is 0 Å². The van der Waals surface area contributed by atoms with Crippen molar-refractivity contribution in [1.82, 2.24) is 0 Å². The first-order valence-electron chi connectivity index (χ1n) is 17.1. The van der Waals surface area contributed by atoms with Crippen molar-refractivity contribution in [3.63, 3.8) is 0 Å². The Morgan fingerprint density at radius 2 is 0.922 bits per heavy atom. The molecule has 1 aliphatic heterocycles. The number of benzene rings is 5. The number of hydrogen-bond donors (Lipinski definition) is 0. The third-order valence-electron chi connectivity index (χ3n) is 8.75. The van der Waals surface area contributed by atoms with Gasteiger partial charge >= 0.3 is 11.9 Å². The minimum atomic E-state index is -1.29. The largest absolute Gasteiger partial charge is 0.453 e. The molecule has 0 bridgehead atoms. The average molecular weight is 687 g/mol. The first-order valence-corrected chi connectivity index (χ1v) is 17.1. The Labute approximate surface area is 298 Å². The van der Waals surface area contributed by atoms with E-state index in [-0.39, 0.29) is 19.8 Å². The van der Waals surface area contributed by atoms with Gasteiger partial charge in [0.2, 0.25) is 6.29 Å². The monoisotopic (exact) mass is 686 g/mol. The Morgan fingerprint density at radius 3 is 1.33 bits per heavy atom. The summed E-state index contributed by atoms with van der Waals surface area (Å²) in [6.45, 7) is 2.94. The lowest BCUT2D eigenvalue weighted by Crippen LogP contribution is -2.62. The summed E-state index contributed by atoms with van der Waals surface area (Å²) in [7, 11) is 0. The van der Waals surface area contributed by atoms with Crippen molar-refractivity contribution in [1.29, 1.82) is 0 Å². The summed E-state index contributed by atoms with van der Waals surface area (Å²) in [4.78, 5) is 25.0. The van der Waals surface area contributed by atoms with Gasteiger partial charge in [0, 0.05) is 13.8 Å². The summed E-state index contributed by atoms with van der Waals surface area (Å²) in [5.74, 6) is -1.18. The van der Waals surface area contributed by atoms with E-state index in [2.05, 4.69) is 0 Å². The van der Waals surface area contributed by atoms with Crippen LogP contribution in [0.3, 0.4) is 0 Å². The van der Waals surface area contributed by atoms with Crippen molar-refractivity contribution in [3.8, 4) is 0 Å². The minimum Gasteiger partial charge on any atom is -0.453 e. The van der Waals surface area contributed by atoms with E-state index in [1.54, 1.807) is 0 Å². The standard InChI is InChI=1S/C43H42O8/c1-31(44)49-41-40(47-29-34-20-10-4-11-21-34)39(46-28-33-18-8-3-9-19-33)38(51-42(41)50-32(2)45)30-48-43(35-22-12-5-13-23-35,36-24-14-6-15-25-36)37-26-16-7-17-27-37/h3-27,38-42H,28-30H2,1-2H3. The van der Waals surface area contributed by atoms with Crippen molar-refractivity contribution < 1.29 is 38.0 Å². The van der Waals surface area contributed by atoms with Crippen LogP contribution in [0.4, 0.5) is 0 Å². The molecule has 5 atom stereocenters. The molecule has 1 aliphatic rings. The van der Waals surface area contributed by atoms with E-state index in [9.17, 15) is 9.59 Å². The Kier molecular flexibility index (Phi) is 12.0. The molecule has 262 valence electrons. The Balaban J connectivity index is 1.43. The quantitative estimate of drug-likeness (QED) is 0.0883. The van der Waals surface area contributed by atoms with Crippen LogP contribution >= 0.6 is 0 Å². The lowest BCUT2D eigenvalue weighted by atomic mass is 9.80. The smallest absolute Gasteiger partial charge is 0.305 e.